The molecule has 10 nitrogen and oxygen atoms in total. The highest BCUT2D eigenvalue weighted by Gasteiger charge is 2.22. The number of aryl methyl sites for hydroxylation is 2. The number of ether oxygens (including phenoxy) is 2. The van der Waals surface area contributed by atoms with Gasteiger partial charge in [-0.25, -0.2) is 0 Å². The number of pyridine rings is 2. The summed E-state index contributed by atoms with van der Waals surface area (Å²) in [6.45, 7) is 11.6. The predicted molar refractivity (Wildman–Crippen MR) is 248 cm³/mol. The number of nitrogens with zero attached hydrogens (tertiary/aromatic N) is 4. The number of rotatable bonds is 11. The molecule has 0 radical (unpaired) electrons. The van der Waals surface area contributed by atoms with Gasteiger partial charge in [-0.2, -0.15) is 0 Å². The lowest BCUT2D eigenvalue weighted by Crippen LogP contribution is -2.37. The molecule has 10 rings (SSSR count). The Kier molecular flexibility index (Phi) is 12.6. The van der Waals surface area contributed by atoms with Crippen molar-refractivity contribution >= 4 is 51.1 Å². The van der Waals surface area contributed by atoms with Crippen molar-refractivity contribution in [1.29, 1.82) is 0 Å². The van der Waals surface area contributed by atoms with Gasteiger partial charge >= 0.3 is 0 Å². The molecule has 2 aromatic heterocycles. The fourth-order valence-corrected chi connectivity index (χ4v) is 9.18. The third kappa shape index (κ3) is 10.2. The zero-order valence-corrected chi connectivity index (χ0v) is 35.9. The molecule has 6 heterocycles. The van der Waals surface area contributed by atoms with Crippen LogP contribution in [0, 0.1) is 19.8 Å². The van der Waals surface area contributed by atoms with Gasteiger partial charge in [0, 0.05) is 59.7 Å². The lowest BCUT2D eigenvalue weighted by molar-refractivity contribution is -0.115. The van der Waals surface area contributed by atoms with Gasteiger partial charge in [0.25, 0.3) is 0 Å². The summed E-state index contributed by atoms with van der Waals surface area (Å²) in [4.78, 5) is 37.3. The maximum atomic E-state index is 11.6. The van der Waals surface area contributed by atoms with Crippen molar-refractivity contribution in [3.63, 3.8) is 0 Å². The quantitative estimate of drug-likeness (QED) is 0.133. The molecular formula is C52H56N6O4. The highest BCUT2D eigenvalue weighted by Crippen LogP contribution is 2.30. The maximum absolute atomic E-state index is 11.6. The van der Waals surface area contributed by atoms with Crippen LogP contribution in [0.3, 0.4) is 0 Å². The van der Waals surface area contributed by atoms with Gasteiger partial charge < -0.3 is 20.1 Å². The number of piperidine rings is 2. The second-order valence-electron chi connectivity index (χ2n) is 17.2. The van der Waals surface area contributed by atoms with E-state index in [1.807, 2.05) is 62.4 Å². The van der Waals surface area contributed by atoms with Gasteiger partial charge in [0.05, 0.1) is 23.9 Å². The lowest BCUT2D eigenvalue weighted by Gasteiger charge is -2.32. The van der Waals surface area contributed by atoms with Crippen LogP contribution in [-0.4, -0.2) is 84.1 Å². The molecule has 10 heteroatoms. The van der Waals surface area contributed by atoms with Crippen LogP contribution in [0.4, 0.5) is 11.4 Å². The largest absolute Gasteiger partial charge is 0.492 e. The zero-order valence-electron chi connectivity index (χ0n) is 35.9. The van der Waals surface area contributed by atoms with Crippen LogP contribution in [0.2, 0.25) is 0 Å². The van der Waals surface area contributed by atoms with Crippen LogP contribution in [-0.2, 0) is 28.9 Å². The minimum atomic E-state index is 0.0882. The number of hydrogen-bond donors (Lipinski definition) is 2. The maximum Gasteiger partial charge on any atom is 0.228 e. The fraction of sp³-hybridized carbons (Fsp3) is 0.346. The van der Waals surface area contributed by atoms with E-state index in [2.05, 4.69) is 85.0 Å². The first-order valence-corrected chi connectivity index (χ1v) is 22.2. The molecule has 4 aliphatic rings. The molecule has 2 amide bonds. The standard InChI is InChI=1S/C26H29N3O2.C26H27N3O2/c2*1-18-5-8-22-23(27-18)3-2-4-25(22)31-14-13-29-11-9-19(10-12-29)15-20-6-7-21-17-26(30)28-24(21)16-20/h2-8,16,19H,9-15,17H2,1H3,(H,28,30);2-8,15-16H,9-14,17H2,1H3,(H,28,30). The molecule has 318 valence electrons. The van der Waals surface area contributed by atoms with E-state index < -0.39 is 0 Å². The van der Waals surface area contributed by atoms with E-state index in [0.717, 1.165) is 126 Å². The van der Waals surface area contributed by atoms with Crippen LogP contribution >= 0.6 is 0 Å². The SMILES string of the molecule is Cc1ccc2c(OCCN3CCC(=Cc4ccc5c(c4)NC(=O)C5)CC3)cccc2n1.Cc1ccc2c(OCCN3CCC(Cc4ccc5c(c4)NC(=O)C5)CC3)cccc2n1. The Balaban J connectivity index is 0.000000158. The minimum Gasteiger partial charge on any atom is -0.492 e. The van der Waals surface area contributed by atoms with Gasteiger partial charge in [0.2, 0.25) is 11.8 Å². The molecule has 62 heavy (non-hydrogen) atoms. The van der Waals surface area contributed by atoms with Crippen LogP contribution < -0.4 is 20.1 Å². The van der Waals surface area contributed by atoms with Crippen LogP contribution in [0.15, 0.2) is 103 Å². The van der Waals surface area contributed by atoms with E-state index in [-0.39, 0.29) is 11.8 Å². The minimum absolute atomic E-state index is 0.0882. The van der Waals surface area contributed by atoms with Gasteiger partial charge in [-0.3, -0.25) is 29.4 Å². The molecule has 0 unspecified atom stereocenters. The van der Waals surface area contributed by atoms with Gasteiger partial charge in [-0.05, 0) is 148 Å². The summed E-state index contributed by atoms with van der Waals surface area (Å²) in [6, 6.07) is 33.1. The van der Waals surface area contributed by atoms with Crippen molar-refractivity contribution in [2.24, 2.45) is 5.92 Å². The van der Waals surface area contributed by atoms with E-state index in [1.54, 1.807) is 0 Å². The summed E-state index contributed by atoms with van der Waals surface area (Å²) < 4.78 is 12.2. The molecule has 0 saturated carbocycles. The second kappa shape index (κ2) is 18.9. The molecule has 0 bridgehead atoms. The zero-order chi connectivity index (χ0) is 42.4. The topological polar surface area (TPSA) is 109 Å². The van der Waals surface area contributed by atoms with Crippen molar-refractivity contribution in [2.75, 3.05) is 63.1 Å². The highest BCUT2D eigenvalue weighted by atomic mass is 16.5. The van der Waals surface area contributed by atoms with Crippen molar-refractivity contribution in [3.05, 3.63) is 136 Å². The van der Waals surface area contributed by atoms with Crippen LogP contribution in [0.25, 0.3) is 27.9 Å². The molecule has 2 fully saturated rings. The summed E-state index contributed by atoms with van der Waals surface area (Å²) in [7, 11) is 0. The van der Waals surface area contributed by atoms with Gasteiger partial charge in [0.15, 0.2) is 0 Å². The lowest BCUT2D eigenvalue weighted by atomic mass is 9.89. The van der Waals surface area contributed by atoms with Crippen molar-refractivity contribution in [2.45, 2.75) is 58.8 Å². The number of hydrogen-bond acceptors (Lipinski definition) is 8. The molecule has 0 aliphatic carbocycles. The number of aromatic nitrogens is 2. The number of carbonyl (C=O) groups excluding carboxylic acids is 2. The molecular weight excluding hydrogens is 773 g/mol. The molecule has 2 saturated heterocycles. The highest BCUT2D eigenvalue weighted by molar-refractivity contribution is 6.00. The van der Waals surface area contributed by atoms with Gasteiger partial charge in [-0.1, -0.05) is 48.0 Å². The molecule has 2 N–H and O–H groups in total. The van der Waals surface area contributed by atoms with E-state index >= 15 is 0 Å². The summed E-state index contributed by atoms with van der Waals surface area (Å²) in [5, 5.41) is 8.06. The molecule has 4 aromatic carbocycles. The molecule has 6 aromatic rings. The summed E-state index contributed by atoms with van der Waals surface area (Å²) in [5.74, 6) is 2.73. The van der Waals surface area contributed by atoms with Gasteiger partial charge in [0.1, 0.15) is 24.7 Å². The number of carbonyl (C=O) groups is 2. The number of anilines is 2. The van der Waals surface area contributed by atoms with Crippen molar-refractivity contribution in [3.8, 4) is 11.5 Å². The second-order valence-corrected chi connectivity index (χ2v) is 17.2. The number of fused-ring (bicyclic) bond motifs is 4. The summed E-state index contributed by atoms with van der Waals surface area (Å²) in [6.07, 6.45) is 8.95. The van der Waals surface area contributed by atoms with Crippen molar-refractivity contribution in [1.82, 2.24) is 19.8 Å². The monoisotopic (exact) mass is 828 g/mol. The normalized spacial score (nSPS) is 16.6. The fourth-order valence-electron chi connectivity index (χ4n) is 9.18. The predicted octanol–water partition coefficient (Wildman–Crippen LogP) is 8.97. The van der Waals surface area contributed by atoms with Crippen LogP contribution in [0.1, 0.15) is 59.3 Å². The van der Waals surface area contributed by atoms with E-state index in [9.17, 15) is 9.59 Å². The average Bonchev–Trinajstić information content (AvgIpc) is 3.84. The molecule has 0 spiro atoms. The Morgan fingerprint density at radius 1 is 0.645 bits per heavy atom. The first-order valence-electron chi connectivity index (χ1n) is 22.2. The first-order chi connectivity index (χ1) is 30.3. The Bertz CT molecular complexity index is 2620. The van der Waals surface area contributed by atoms with E-state index in [4.69, 9.17) is 9.47 Å². The Morgan fingerprint density at radius 2 is 1.19 bits per heavy atom. The van der Waals surface area contributed by atoms with E-state index in [1.165, 1.54) is 29.5 Å². The van der Waals surface area contributed by atoms with E-state index in [0.29, 0.717) is 32.0 Å². The number of amides is 2. The number of nitrogens with one attached hydrogen (secondary N) is 2. The average molecular weight is 829 g/mol. The Labute approximate surface area is 364 Å². The number of benzene rings is 4. The first kappa shape index (κ1) is 41.3. The summed E-state index contributed by atoms with van der Waals surface area (Å²) >= 11 is 0. The van der Waals surface area contributed by atoms with Crippen molar-refractivity contribution < 1.29 is 19.1 Å². The number of likely N-dealkylation sites (tertiary alicyclic amines) is 2. The smallest absolute Gasteiger partial charge is 0.228 e. The third-order valence-electron chi connectivity index (χ3n) is 12.7. The third-order valence-corrected chi connectivity index (χ3v) is 12.7. The van der Waals surface area contributed by atoms with Crippen LogP contribution in [0.5, 0.6) is 11.5 Å². The Morgan fingerprint density at radius 3 is 1.79 bits per heavy atom. The summed E-state index contributed by atoms with van der Waals surface area (Å²) in [5.41, 5.74) is 12.2. The molecule has 0 atom stereocenters. The molecule has 4 aliphatic heterocycles. The Hall–Kier alpha value is -6.10. The van der Waals surface area contributed by atoms with Gasteiger partial charge in [-0.15, -0.1) is 0 Å².